The smallest absolute Gasteiger partial charge is 0.147 e. The maximum absolute atomic E-state index is 13.4. The van der Waals surface area contributed by atoms with Gasteiger partial charge in [-0.25, -0.2) is 4.39 Å². The molecule has 1 aromatic carbocycles. The lowest BCUT2D eigenvalue weighted by molar-refractivity contribution is 0.426. The zero-order chi connectivity index (χ0) is 10.2. The van der Waals surface area contributed by atoms with Crippen molar-refractivity contribution in [2.45, 2.75) is 19.8 Å². The van der Waals surface area contributed by atoms with Crippen LogP contribution in [0.5, 0.6) is 11.5 Å². The van der Waals surface area contributed by atoms with E-state index < -0.39 is 5.82 Å². The van der Waals surface area contributed by atoms with Crippen molar-refractivity contribution in [1.29, 1.82) is 0 Å². The Kier molecular flexibility index (Phi) is 3.00. The molecule has 1 rings (SSSR count). The second-order valence-corrected chi connectivity index (χ2v) is 4.19. The summed E-state index contributed by atoms with van der Waals surface area (Å²) in [7, 11) is 0. The van der Waals surface area contributed by atoms with Gasteiger partial charge in [0.1, 0.15) is 17.3 Å². The van der Waals surface area contributed by atoms with Crippen LogP contribution in [0.2, 0.25) is 0 Å². The maximum atomic E-state index is 13.4. The van der Waals surface area contributed by atoms with Gasteiger partial charge in [0.2, 0.25) is 0 Å². The number of phenolic OH excluding ortho intramolecular Hbond substituents is 2. The topological polar surface area (TPSA) is 40.5 Å². The molecule has 0 bridgehead atoms. The summed E-state index contributed by atoms with van der Waals surface area (Å²) in [5.74, 6) is -1.05. The van der Waals surface area contributed by atoms with Gasteiger partial charge in [-0.1, -0.05) is 13.8 Å². The molecule has 0 radical (unpaired) electrons. The van der Waals surface area contributed by atoms with Gasteiger partial charge in [0.15, 0.2) is 0 Å². The lowest BCUT2D eigenvalue weighted by atomic mass is 10.0. The highest BCUT2D eigenvalue weighted by molar-refractivity contribution is 14.1. The Bertz CT molecular complexity index is 337. The molecule has 0 aromatic heterocycles. The van der Waals surface area contributed by atoms with Crippen LogP contribution in [-0.2, 0) is 0 Å². The Morgan fingerprint density at radius 2 is 1.85 bits per heavy atom. The fourth-order valence-electron chi connectivity index (χ4n) is 1.16. The van der Waals surface area contributed by atoms with Crippen LogP contribution in [0.1, 0.15) is 25.3 Å². The summed E-state index contributed by atoms with van der Waals surface area (Å²) in [6.45, 7) is 3.57. The number of hydrogen-bond acceptors (Lipinski definition) is 2. The molecule has 72 valence electrons. The molecule has 2 N–H and O–H groups in total. The molecule has 0 spiro atoms. The van der Waals surface area contributed by atoms with Gasteiger partial charge in [0.25, 0.3) is 0 Å². The van der Waals surface area contributed by atoms with E-state index in [0.29, 0.717) is 0 Å². The van der Waals surface area contributed by atoms with Crippen molar-refractivity contribution in [3.63, 3.8) is 0 Å². The quantitative estimate of drug-likeness (QED) is 0.782. The highest BCUT2D eigenvalue weighted by Gasteiger charge is 2.18. The molecule has 0 fully saturated rings. The van der Waals surface area contributed by atoms with Crippen LogP contribution in [0.3, 0.4) is 0 Å². The molecule has 0 saturated heterocycles. The summed E-state index contributed by atoms with van der Waals surface area (Å²) in [6, 6.07) is 1.17. The van der Waals surface area contributed by atoms with E-state index in [1.807, 2.05) is 0 Å². The molecule has 13 heavy (non-hydrogen) atoms. The zero-order valence-electron chi connectivity index (χ0n) is 7.31. The predicted octanol–water partition coefficient (Wildman–Crippen LogP) is 2.96. The van der Waals surface area contributed by atoms with Gasteiger partial charge < -0.3 is 10.2 Å². The minimum atomic E-state index is -0.534. The molecular weight excluding hydrogens is 286 g/mol. The Morgan fingerprint density at radius 1 is 1.31 bits per heavy atom. The summed E-state index contributed by atoms with van der Waals surface area (Å²) in [6.07, 6.45) is 0. The first-order chi connectivity index (χ1) is 5.95. The van der Waals surface area contributed by atoms with Crippen LogP contribution in [0.15, 0.2) is 6.07 Å². The Morgan fingerprint density at radius 3 is 2.31 bits per heavy atom. The van der Waals surface area contributed by atoms with E-state index in [9.17, 15) is 14.6 Å². The molecule has 0 aliphatic carbocycles. The summed E-state index contributed by atoms with van der Waals surface area (Å²) < 4.78 is 13.6. The Hall–Kier alpha value is -0.520. The highest BCUT2D eigenvalue weighted by atomic mass is 127. The minimum absolute atomic E-state index is 0.103. The second-order valence-electron chi connectivity index (χ2n) is 3.11. The van der Waals surface area contributed by atoms with Crippen LogP contribution < -0.4 is 0 Å². The molecule has 4 heteroatoms. The number of hydrogen-bond donors (Lipinski definition) is 2. The molecule has 0 aliphatic heterocycles. The minimum Gasteiger partial charge on any atom is -0.507 e. The average Bonchev–Trinajstić information content (AvgIpc) is 1.99. The van der Waals surface area contributed by atoms with E-state index in [4.69, 9.17) is 0 Å². The zero-order valence-corrected chi connectivity index (χ0v) is 9.46. The lowest BCUT2D eigenvalue weighted by Gasteiger charge is -2.11. The summed E-state index contributed by atoms with van der Waals surface area (Å²) in [5.41, 5.74) is 0.252. The van der Waals surface area contributed by atoms with Gasteiger partial charge in [0.05, 0.1) is 3.57 Å². The third-order valence-electron chi connectivity index (χ3n) is 1.78. The molecule has 0 amide bonds. The number of benzene rings is 1. The average molecular weight is 296 g/mol. The van der Waals surface area contributed by atoms with Crippen molar-refractivity contribution < 1.29 is 14.6 Å². The first kappa shape index (κ1) is 10.6. The molecule has 0 aliphatic rings. The van der Waals surface area contributed by atoms with Crippen LogP contribution in [0.4, 0.5) is 4.39 Å². The maximum Gasteiger partial charge on any atom is 0.147 e. The van der Waals surface area contributed by atoms with Gasteiger partial charge in [0, 0.05) is 11.6 Å². The summed E-state index contributed by atoms with van der Waals surface area (Å²) in [4.78, 5) is 0. The molecule has 0 unspecified atom stereocenters. The largest absolute Gasteiger partial charge is 0.507 e. The molecule has 0 heterocycles. The second kappa shape index (κ2) is 3.69. The Labute approximate surface area is 89.5 Å². The first-order valence-electron chi connectivity index (χ1n) is 3.85. The number of aromatic hydroxyl groups is 2. The van der Waals surface area contributed by atoms with Gasteiger partial charge >= 0.3 is 0 Å². The monoisotopic (exact) mass is 296 g/mol. The first-order valence-corrected chi connectivity index (χ1v) is 4.92. The highest BCUT2D eigenvalue weighted by Crippen LogP contribution is 2.35. The van der Waals surface area contributed by atoms with Gasteiger partial charge in [-0.15, -0.1) is 0 Å². The van der Waals surface area contributed by atoms with Gasteiger partial charge in [-0.2, -0.15) is 0 Å². The van der Waals surface area contributed by atoms with E-state index in [-0.39, 0.29) is 26.6 Å². The van der Waals surface area contributed by atoms with E-state index >= 15 is 0 Å². The van der Waals surface area contributed by atoms with E-state index in [0.717, 1.165) is 0 Å². The third kappa shape index (κ3) is 1.87. The van der Waals surface area contributed by atoms with Crippen LogP contribution in [-0.4, -0.2) is 10.2 Å². The summed E-state index contributed by atoms with van der Waals surface area (Å²) >= 11 is 1.71. The number of halogens is 2. The standard InChI is InChI=1S/C9H10FIO2/c1-4(2)7-5(12)3-6(13)9(11)8(7)10/h3-4,12-13H,1-2H3. The van der Waals surface area contributed by atoms with Crippen molar-refractivity contribution in [3.05, 3.63) is 21.0 Å². The van der Waals surface area contributed by atoms with Gasteiger partial charge in [-0.3, -0.25) is 0 Å². The van der Waals surface area contributed by atoms with Crippen molar-refractivity contribution in [3.8, 4) is 11.5 Å². The molecule has 2 nitrogen and oxygen atoms in total. The van der Waals surface area contributed by atoms with Crippen molar-refractivity contribution in [2.24, 2.45) is 0 Å². The summed E-state index contributed by atoms with van der Waals surface area (Å²) in [5, 5.41) is 18.5. The van der Waals surface area contributed by atoms with Crippen LogP contribution in [0, 0.1) is 9.39 Å². The molecule has 1 aromatic rings. The van der Waals surface area contributed by atoms with Gasteiger partial charge in [-0.05, 0) is 28.5 Å². The number of phenols is 2. The Balaban J connectivity index is 3.44. The van der Waals surface area contributed by atoms with Crippen LogP contribution in [0.25, 0.3) is 0 Å². The van der Waals surface area contributed by atoms with E-state index in [1.54, 1.807) is 36.4 Å². The fraction of sp³-hybridized carbons (Fsp3) is 0.333. The van der Waals surface area contributed by atoms with Crippen molar-refractivity contribution >= 4 is 22.6 Å². The van der Waals surface area contributed by atoms with Crippen molar-refractivity contribution in [2.75, 3.05) is 0 Å². The van der Waals surface area contributed by atoms with E-state index in [2.05, 4.69) is 0 Å². The molecule has 0 saturated carbocycles. The van der Waals surface area contributed by atoms with Crippen LogP contribution >= 0.6 is 22.6 Å². The van der Waals surface area contributed by atoms with E-state index in [1.165, 1.54) is 6.07 Å². The molecular formula is C9H10FIO2. The third-order valence-corrected chi connectivity index (χ3v) is 2.81. The normalized spacial score (nSPS) is 10.8. The predicted molar refractivity (Wildman–Crippen MR) is 56.5 cm³/mol. The van der Waals surface area contributed by atoms with Crippen molar-refractivity contribution in [1.82, 2.24) is 0 Å². The SMILES string of the molecule is CC(C)c1c(O)cc(O)c(I)c1F. The lowest BCUT2D eigenvalue weighted by Crippen LogP contribution is -1.96. The molecule has 0 atom stereocenters. The number of rotatable bonds is 1. The fourth-order valence-corrected chi connectivity index (χ4v) is 1.61.